The van der Waals surface area contributed by atoms with Crippen molar-refractivity contribution in [2.45, 2.75) is 28.6 Å². The SMILES string of the molecule is CC(C)NSc1ccc([N+](=O)[O-])cc1C(Cl)(Cl)Cl. The van der Waals surface area contributed by atoms with Gasteiger partial charge in [0.1, 0.15) is 0 Å². The Balaban J connectivity index is 3.13. The van der Waals surface area contributed by atoms with E-state index in [-0.39, 0.29) is 11.7 Å². The Morgan fingerprint density at radius 3 is 2.44 bits per heavy atom. The molecule has 1 N–H and O–H groups in total. The highest BCUT2D eigenvalue weighted by atomic mass is 35.6. The van der Waals surface area contributed by atoms with Crippen LogP contribution in [0.4, 0.5) is 5.69 Å². The lowest BCUT2D eigenvalue weighted by Gasteiger charge is -2.16. The topological polar surface area (TPSA) is 55.2 Å². The molecule has 8 heteroatoms. The molecule has 0 heterocycles. The zero-order chi connectivity index (χ0) is 13.9. The summed E-state index contributed by atoms with van der Waals surface area (Å²) >= 11 is 18.7. The maximum Gasteiger partial charge on any atom is 0.269 e. The van der Waals surface area contributed by atoms with E-state index < -0.39 is 8.72 Å². The maximum atomic E-state index is 10.7. The lowest BCUT2D eigenvalue weighted by Crippen LogP contribution is -2.15. The molecule has 18 heavy (non-hydrogen) atoms. The van der Waals surface area contributed by atoms with Gasteiger partial charge >= 0.3 is 0 Å². The van der Waals surface area contributed by atoms with E-state index >= 15 is 0 Å². The maximum absolute atomic E-state index is 10.7. The molecule has 0 bridgehead atoms. The van der Waals surface area contributed by atoms with Gasteiger partial charge in [-0.2, -0.15) is 0 Å². The van der Waals surface area contributed by atoms with Crippen LogP contribution in [0.1, 0.15) is 19.4 Å². The van der Waals surface area contributed by atoms with Crippen LogP contribution in [-0.4, -0.2) is 11.0 Å². The first-order valence-corrected chi connectivity index (χ1v) is 6.95. The third-order valence-electron chi connectivity index (χ3n) is 1.88. The Morgan fingerprint density at radius 2 is 2.00 bits per heavy atom. The molecule has 0 unspecified atom stereocenters. The highest BCUT2D eigenvalue weighted by Gasteiger charge is 2.28. The van der Waals surface area contributed by atoms with Crippen LogP contribution in [0.5, 0.6) is 0 Å². The minimum atomic E-state index is -1.70. The van der Waals surface area contributed by atoms with Crippen LogP contribution in [0.25, 0.3) is 0 Å². The lowest BCUT2D eigenvalue weighted by molar-refractivity contribution is -0.385. The first-order valence-electron chi connectivity index (χ1n) is 5.00. The summed E-state index contributed by atoms with van der Waals surface area (Å²) in [6.07, 6.45) is 0. The van der Waals surface area contributed by atoms with Gasteiger partial charge in [-0.1, -0.05) is 34.8 Å². The van der Waals surface area contributed by atoms with Gasteiger partial charge < -0.3 is 0 Å². The minimum Gasteiger partial charge on any atom is -0.258 e. The molecule has 1 rings (SSSR count). The number of alkyl halides is 3. The molecule has 1 aromatic rings. The van der Waals surface area contributed by atoms with Crippen LogP contribution >= 0.6 is 46.8 Å². The summed E-state index contributed by atoms with van der Waals surface area (Å²) in [7, 11) is 0. The highest BCUT2D eigenvalue weighted by Crippen LogP contribution is 2.43. The van der Waals surface area contributed by atoms with Gasteiger partial charge in [-0.3, -0.25) is 14.8 Å². The molecule has 0 aromatic heterocycles. The third kappa shape index (κ3) is 4.48. The largest absolute Gasteiger partial charge is 0.269 e. The number of non-ortho nitro benzene ring substituents is 1. The van der Waals surface area contributed by atoms with Crippen molar-refractivity contribution >= 4 is 52.4 Å². The molecular formula is C10H11Cl3N2O2S. The quantitative estimate of drug-likeness (QED) is 0.384. The molecular weight excluding hydrogens is 319 g/mol. The van der Waals surface area contributed by atoms with Crippen LogP contribution < -0.4 is 4.72 Å². The third-order valence-corrected chi connectivity index (χ3v) is 3.66. The van der Waals surface area contributed by atoms with Crippen molar-refractivity contribution < 1.29 is 4.92 Å². The molecule has 0 saturated carbocycles. The van der Waals surface area contributed by atoms with Gasteiger partial charge in [0.15, 0.2) is 0 Å². The van der Waals surface area contributed by atoms with Gasteiger partial charge in [0.2, 0.25) is 3.79 Å². The molecule has 0 aliphatic carbocycles. The molecule has 4 nitrogen and oxygen atoms in total. The van der Waals surface area contributed by atoms with Crippen molar-refractivity contribution in [1.82, 2.24) is 4.72 Å². The fourth-order valence-electron chi connectivity index (χ4n) is 1.12. The van der Waals surface area contributed by atoms with E-state index in [1.54, 1.807) is 6.07 Å². The van der Waals surface area contributed by atoms with Gasteiger partial charge in [0, 0.05) is 28.6 Å². The first kappa shape index (κ1) is 15.9. The average Bonchev–Trinajstić information content (AvgIpc) is 2.24. The van der Waals surface area contributed by atoms with Gasteiger partial charge in [0.05, 0.1) is 4.92 Å². The van der Waals surface area contributed by atoms with Crippen molar-refractivity contribution in [3.8, 4) is 0 Å². The Bertz CT molecular complexity index is 449. The highest BCUT2D eigenvalue weighted by molar-refractivity contribution is 7.97. The predicted octanol–water partition coefficient (Wildman–Crippen LogP) is 4.43. The molecule has 100 valence electrons. The molecule has 1 aromatic carbocycles. The molecule has 0 saturated heterocycles. The second kappa shape index (κ2) is 6.30. The molecule has 0 spiro atoms. The molecule has 0 amide bonds. The normalized spacial score (nSPS) is 11.9. The van der Waals surface area contributed by atoms with Crippen LogP contribution in [0.2, 0.25) is 0 Å². The van der Waals surface area contributed by atoms with E-state index in [1.165, 1.54) is 24.1 Å². The summed E-state index contributed by atoms with van der Waals surface area (Å²) in [5.41, 5.74) is 0.185. The lowest BCUT2D eigenvalue weighted by atomic mass is 10.2. The molecule has 0 fully saturated rings. The number of nitrogens with one attached hydrogen (secondary N) is 1. The van der Waals surface area contributed by atoms with Gasteiger partial charge in [-0.05, 0) is 31.9 Å². The van der Waals surface area contributed by atoms with Crippen molar-refractivity contribution in [3.63, 3.8) is 0 Å². The minimum absolute atomic E-state index is 0.106. The fraction of sp³-hybridized carbons (Fsp3) is 0.400. The Morgan fingerprint density at radius 1 is 1.39 bits per heavy atom. The Labute approximate surface area is 124 Å². The van der Waals surface area contributed by atoms with E-state index in [1.807, 2.05) is 13.8 Å². The van der Waals surface area contributed by atoms with Crippen LogP contribution in [0, 0.1) is 10.1 Å². The Kier molecular flexibility index (Phi) is 5.55. The summed E-state index contributed by atoms with van der Waals surface area (Å²) in [4.78, 5) is 10.8. The summed E-state index contributed by atoms with van der Waals surface area (Å²) in [6, 6.07) is 4.45. The van der Waals surface area contributed by atoms with Crippen molar-refractivity contribution in [2.75, 3.05) is 0 Å². The number of nitrogens with zero attached hydrogens (tertiary/aromatic N) is 1. The summed E-state index contributed by atoms with van der Waals surface area (Å²) in [6.45, 7) is 3.93. The summed E-state index contributed by atoms with van der Waals surface area (Å²) in [5.74, 6) is 0. The number of nitro groups is 1. The number of benzene rings is 1. The van der Waals surface area contributed by atoms with Crippen LogP contribution in [0.3, 0.4) is 0 Å². The zero-order valence-corrected chi connectivity index (χ0v) is 12.7. The molecule has 0 aliphatic rings. The average molecular weight is 330 g/mol. The predicted molar refractivity (Wildman–Crippen MR) is 76.5 cm³/mol. The van der Waals surface area contributed by atoms with Crippen molar-refractivity contribution in [1.29, 1.82) is 0 Å². The summed E-state index contributed by atoms with van der Waals surface area (Å²) in [5, 5.41) is 10.7. The van der Waals surface area contributed by atoms with Gasteiger partial charge in [-0.15, -0.1) is 0 Å². The van der Waals surface area contributed by atoms with E-state index in [2.05, 4.69) is 4.72 Å². The molecule has 0 atom stereocenters. The van der Waals surface area contributed by atoms with Crippen molar-refractivity contribution in [2.24, 2.45) is 0 Å². The fourth-order valence-corrected chi connectivity index (χ4v) is 2.58. The number of rotatable bonds is 4. The number of hydrogen-bond acceptors (Lipinski definition) is 4. The number of halogens is 3. The van der Waals surface area contributed by atoms with E-state index in [0.29, 0.717) is 10.5 Å². The Hall–Kier alpha value is -0.200. The van der Waals surface area contributed by atoms with E-state index in [4.69, 9.17) is 34.8 Å². The van der Waals surface area contributed by atoms with E-state index in [9.17, 15) is 10.1 Å². The number of hydrogen-bond donors (Lipinski definition) is 1. The van der Waals surface area contributed by atoms with Crippen LogP contribution in [-0.2, 0) is 3.79 Å². The molecule has 0 aliphatic heterocycles. The smallest absolute Gasteiger partial charge is 0.258 e. The second-order valence-corrected chi connectivity index (χ2v) is 6.97. The standard InChI is InChI=1S/C10H11Cl3N2O2S/c1-6(2)14-18-9-4-3-7(15(16)17)5-8(9)10(11,12)13/h3-6,14H,1-2H3. The van der Waals surface area contributed by atoms with Crippen molar-refractivity contribution in [3.05, 3.63) is 33.9 Å². The molecule has 0 radical (unpaired) electrons. The summed E-state index contributed by atoms with van der Waals surface area (Å²) < 4.78 is 1.39. The van der Waals surface area contributed by atoms with E-state index in [0.717, 1.165) is 0 Å². The number of nitro benzene ring substituents is 1. The van der Waals surface area contributed by atoms with Crippen LogP contribution in [0.15, 0.2) is 23.1 Å². The second-order valence-electron chi connectivity index (χ2n) is 3.81. The first-order chi connectivity index (χ1) is 8.21. The zero-order valence-electron chi connectivity index (χ0n) is 9.62. The van der Waals surface area contributed by atoms with Gasteiger partial charge in [-0.25, -0.2) is 0 Å². The monoisotopic (exact) mass is 328 g/mol. The van der Waals surface area contributed by atoms with Gasteiger partial charge in [0.25, 0.3) is 5.69 Å².